The van der Waals surface area contributed by atoms with Gasteiger partial charge in [-0.15, -0.1) is 11.3 Å². The molecule has 12 heavy (non-hydrogen) atoms. The Bertz CT molecular complexity index is 298. The molecule has 0 amide bonds. The first-order chi connectivity index (χ1) is 5.54. The lowest BCUT2D eigenvalue weighted by molar-refractivity contribution is 0.603. The lowest BCUT2D eigenvalue weighted by atomic mass is 9.94. The van der Waals surface area contributed by atoms with Crippen LogP contribution in [0.5, 0.6) is 0 Å². The standard InChI is InChI=1S/C10H13NS/c1-10(2,3)9-6-8(4-5-11)7-12-9/h6-7H,4H2,1-3H3. The maximum absolute atomic E-state index is 8.49. The molecule has 1 rings (SSSR count). The highest BCUT2D eigenvalue weighted by Gasteiger charge is 2.15. The van der Waals surface area contributed by atoms with E-state index >= 15 is 0 Å². The molecule has 0 unspecified atom stereocenters. The number of nitrogens with zero attached hydrogens (tertiary/aromatic N) is 1. The third-order valence-electron chi connectivity index (χ3n) is 1.68. The monoisotopic (exact) mass is 179 g/mol. The van der Waals surface area contributed by atoms with Crippen molar-refractivity contribution in [3.8, 4) is 6.07 Å². The van der Waals surface area contributed by atoms with E-state index in [0.29, 0.717) is 6.42 Å². The van der Waals surface area contributed by atoms with E-state index in [1.807, 2.05) is 0 Å². The smallest absolute Gasteiger partial charge is 0.0670 e. The summed E-state index contributed by atoms with van der Waals surface area (Å²) in [5.74, 6) is 0. The van der Waals surface area contributed by atoms with Crippen molar-refractivity contribution >= 4 is 11.3 Å². The zero-order chi connectivity index (χ0) is 9.19. The number of hydrogen-bond acceptors (Lipinski definition) is 2. The van der Waals surface area contributed by atoms with Gasteiger partial charge in [-0.3, -0.25) is 0 Å². The first kappa shape index (κ1) is 9.28. The fourth-order valence-electron chi connectivity index (χ4n) is 0.953. The summed E-state index contributed by atoms with van der Waals surface area (Å²) in [6, 6.07) is 4.29. The highest BCUT2D eigenvalue weighted by atomic mass is 32.1. The van der Waals surface area contributed by atoms with Gasteiger partial charge in [-0.05, 0) is 22.4 Å². The molecule has 1 nitrogen and oxygen atoms in total. The molecule has 64 valence electrons. The zero-order valence-electron chi connectivity index (χ0n) is 7.72. The molecule has 0 saturated carbocycles. The van der Waals surface area contributed by atoms with Crippen LogP contribution in [0.3, 0.4) is 0 Å². The van der Waals surface area contributed by atoms with E-state index in [9.17, 15) is 0 Å². The summed E-state index contributed by atoms with van der Waals surface area (Å²) >= 11 is 1.75. The molecule has 0 aliphatic rings. The second kappa shape index (κ2) is 3.28. The molecule has 1 aromatic rings. The lowest BCUT2D eigenvalue weighted by Gasteiger charge is -2.15. The Morgan fingerprint density at radius 1 is 1.50 bits per heavy atom. The zero-order valence-corrected chi connectivity index (χ0v) is 8.53. The average Bonchev–Trinajstić information content (AvgIpc) is 2.35. The summed E-state index contributed by atoms with van der Waals surface area (Å²) in [6.45, 7) is 6.57. The van der Waals surface area contributed by atoms with Crippen LogP contribution in [0, 0.1) is 11.3 Å². The minimum absolute atomic E-state index is 0.221. The topological polar surface area (TPSA) is 23.8 Å². The van der Waals surface area contributed by atoms with Gasteiger partial charge in [0.05, 0.1) is 12.5 Å². The van der Waals surface area contributed by atoms with E-state index < -0.39 is 0 Å². The Balaban J connectivity index is 2.86. The SMILES string of the molecule is CC(C)(C)c1cc(CC#N)cs1. The van der Waals surface area contributed by atoms with Gasteiger partial charge >= 0.3 is 0 Å². The van der Waals surface area contributed by atoms with E-state index in [0.717, 1.165) is 5.56 Å². The van der Waals surface area contributed by atoms with Crippen molar-refractivity contribution in [1.82, 2.24) is 0 Å². The summed E-state index contributed by atoms with van der Waals surface area (Å²) < 4.78 is 0. The second-order valence-electron chi connectivity index (χ2n) is 3.90. The third kappa shape index (κ3) is 2.09. The van der Waals surface area contributed by atoms with Crippen molar-refractivity contribution in [3.05, 3.63) is 21.9 Å². The number of rotatable bonds is 1. The van der Waals surface area contributed by atoms with Crippen LogP contribution >= 0.6 is 11.3 Å². The van der Waals surface area contributed by atoms with Crippen LogP contribution in [0.4, 0.5) is 0 Å². The third-order valence-corrected chi connectivity index (χ3v) is 3.08. The molecule has 0 fully saturated rings. The van der Waals surface area contributed by atoms with Crippen molar-refractivity contribution in [2.45, 2.75) is 32.6 Å². The van der Waals surface area contributed by atoms with Crippen molar-refractivity contribution in [2.75, 3.05) is 0 Å². The molecule has 0 aliphatic heterocycles. The number of nitriles is 1. The van der Waals surface area contributed by atoms with Crippen molar-refractivity contribution < 1.29 is 0 Å². The predicted molar refractivity (Wildman–Crippen MR) is 52.3 cm³/mol. The van der Waals surface area contributed by atoms with Gasteiger partial charge in [0.1, 0.15) is 0 Å². The minimum Gasteiger partial charge on any atom is -0.198 e. The quantitative estimate of drug-likeness (QED) is 0.649. The van der Waals surface area contributed by atoms with Crippen molar-refractivity contribution in [1.29, 1.82) is 5.26 Å². The first-order valence-electron chi connectivity index (χ1n) is 3.99. The van der Waals surface area contributed by atoms with Crippen molar-refractivity contribution in [3.63, 3.8) is 0 Å². The summed E-state index contributed by atoms with van der Waals surface area (Å²) in [5, 5.41) is 10.6. The van der Waals surface area contributed by atoms with Crippen LogP contribution < -0.4 is 0 Å². The second-order valence-corrected chi connectivity index (χ2v) is 4.82. The molecule has 0 saturated heterocycles. The number of thiophene rings is 1. The molecule has 0 spiro atoms. The summed E-state index contributed by atoms with van der Waals surface area (Å²) in [5.41, 5.74) is 1.37. The highest BCUT2D eigenvalue weighted by molar-refractivity contribution is 7.10. The minimum atomic E-state index is 0.221. The Kier molecular flexibility index (Phi) is 2.54. The van der Waals surface area contributed by atoms with Crippen LogP contribution in [-0.4, -0.2) is 0 Å². The molecule has 2 heteroatoms. The molecular formula is C10H13NS. The Morgan fingerprint density at radius 2 is 2.17 bits per heavy atom. The van der Waals surface area contributed by atoms with Gasteiger partial charge in [0.15, 0.2) is 0 Å². The van der Waals surface area contributed by atoms with E-state index in [1.54, 1.807) is 11.3 Å². The van der Waals surface area contributed by atoms with E-state index in [4.69, 9.17) is 5.26 Å². The van der Waals surface area contributed by atoms with Crippen LogP contribution in [0.15, 0.2) is 11.4 Å². The molecule has 0 aliphatic carbocycles. The first-order valence-corrected chi connectivity index (χ1v) is 4.87. The highest BCUT2D eigenvalue weighted by Crippen LogP contribution is 2.28. The van der Waals surface area contributed by atoms with Gasteiger partial charge in [-0.1, -0.05) is 20.8 Å². The van der Waals surface area contributed by atoms with Gasteiger partial charge in [0.25, 0.3) is 0 Å². The normalized spacial score (nSPS) is 11.2. The van der Waals surface area contributed by atoms with Crippen LogP contribution in [-0.2, 0) is 11.8 Å². The van der Waals surface area contributed by atoms with Crippen molar-refractivity contribution in [2.24, 2.45) is 0 Å². The summed E-state index contributed by atoms with van der Waals surface area (Å²) in [6.07, 6.45) is 0.534. The molecule has 0 atom stereocenters. The molecule has 1 heterocycles. The summed E-state index contributed by atoms with van der Waals surface area (Å²) in [4.78, 5) is 1.35. The molecule has 0 radical (unpaired) electrons. The van der Waals surface area contributed by atoms with Gasteiger partial charge in [0.2, 0.25) is 0 Å². The fourth-order valence-corrected chi connectivity index (χ4v) is 1.96. The van der Waals surface area contributed by atoms with Gasteiger partial charge in [-0.2, -0.15) is 5.26 Å². The molecule has 0 N–H and O–H groups in total. The lowest BCUT2D eigenvalue weighted by Crippen LogP contribution is -2.07. The Labute approximate surface area is 77.7 Å². The van der Waals surface area contributed by atoms with E-state index in [2.05, 4.69) is 38.3 Å². The molecular weight excluding hydrogens is 166 g/mol. The van der Waals surface area contributed by atoms with Crippen LogP contribution in [0.1, 0.15) is 31.2 Å². The largest absolute Gasteiger partial charge is 0.198 e. The van der Waals surface area contributed by atoms with Gasteiger partial charge in [0, 0.05) is 4.88 Å². The maximum Gasteiger partial charge on any atom is 0.0670 e. The predicted octanol–water partition coefficient (Wildman–Crippen LogP) is 3.11. The van der Waals surface area contributed by atoms with Crippen LogP contribution in [0.25, 0.3) is 0 Å². The maximum atomic E-state index is 8.49. The Hall–Kier alpha value is -0.810. The summed E-state index contributed by atoms with van der Waals surface area (Å²) in [7, 11) is 0. The fraction of sp³-hybridized carbons (Fsp3) is 0.500. The van der Waals surface area contributed by atoms with Gasteiger partial charge < -0.3 is 0 Å². The molecule has 1 aromatic heterocycles. The average molecular weight is 179 g/mol. The van der Waals surface area contributed by atoms with E-state index in [1.165, 1.54) is 4.88 Å². The van der Waals surface area contributed by atoms with E-state index in [-0.39, 0.29) is 5.41 Å². The molecule has 0 aromatic carbocycles. The Morgan fingerprint density at radius 3 is 2.58 bits per heavy atom. The van der Waals surface area contributed by atoms with Gasteiger partial charge in [-0.25, -0.2) is 0 Å². The number of hydrogen-bond donors (Lipinski definition) is 0. The van der Waals surface area contributed by atoms with Crippen LogP contribution in [0.2, 0.25) is 0 Å². The molecule has 0 bridgehead atoms.